The van der Waals surface area contributed by atoms with Crippen LogP contribution in [0.4, 0.5) is 8.78 Å². The lowest BCUT2D eigenvalue weighted by atomic mass is 9.99. The van der Waals surface area contributed by atoms with E-state index < -0.39 is 11.6 Å². The van der Waals surface area contributed by atoms with Crippen molar-refractivity contribution >= 4 is 27.7 Å². The minimum atomic E-state index is -0.471. The van der Waals surface area contributed by atoms with E-state index in [0.717, 1.165) is 31.6 Å². The SMILES string of the molecule is CCCNC(c1c(F)ccc(Br)c1F)C1CCCS1. The molecule has 0 spiro atoms. The van der Waals surface area contributed by atoms with Gasteiger partial charge < -0.3 is 5.32 Å². The van der Waals surface area contributed by atoms with Crippen LogP contribution in [0, 0.1) is 11.6 Å². The molecule has 1 nitrogen and oxygen atoms in total. The number of benzene rings is 1. The molecule has 1 heterocycles. The average molecular weight is 350 g/mol. The highest BCUT2D eigenvalue weighted by molar-refractivity contribution is 9.10. The Kier molecular flexibility index (Phi) is 5.66. The lowest BCUT2D eigenvalue weighted by Crippen LogP contribution is -2.31. The topological polar surface area (TPSA) is 12.0 Å². The fraction of sp³-hybridized carbons (Fsp3) is 0.571. The molecule has 2 unspecified atom stereocenters. The van der Waals surface area contributed by atoms with Crippen molar-refractivity contribution in [3.8, 4) is 0 Å². The van der Waals surface area contributed by atoms with E-state index in [1.54, 1.807) is 0 Å². The van der Waals surface area contributed by atoms with Crippen molar-refractivity contribution in [2.24, 2.45) is 0 Å². The Balaban J connectivity index is 2.33. The molecule has 1 aliphatic heterocycles. The van der Waals surface area contributed by atoms with Gasteiger partial charge in [0, 0.05) is 16.9 Å². The van der Waals surface area contributed by atoms with Gasteiger partial charge in [-0.2, -0.15) is 11.8 Å². The van der Waals surface area contributed by atoms with Crippen LogP contribution in [0.15, 0.2) is 16.6 Å². The fourth-order valence-corrected chi connectivity index (χ4v) is 4.15. The molecular formula is C14H18BrF2NS. The zero-order chi connectivity index (χ0) is 13.8. The van der Waals surface area contributed by atoms with Crippen molar-refractivity contribution < 1.29 is 8.78 Å². The van der Waals surface area contributed by atoms with Gasteiger partial charge in [-0.1, -0.05) is 6.92 Å². The number of nitrogens with one attached hydrogen (secondary N) is 1. The monoisotopic (exact) mass is 349 g/mol. The Labute approximate surface area is 125 Å². The number of thioether (sulfide) groups is 1. The van der Waals surface area contributed by atoms with Crippen molar-refractivity contribution in [1.29, 1.82) is 0 Å². The van der Waals surface area contributed by atoms with Gasteiger partial charge in [-0.25, -0.2) is 8.78 Å². The van der Waals surface area contributed by atoms with Crippen molar-refractivity contribution in [2.45, 2.75) is 37.5 Å². The van der Waals surface area contributed by atoms with E-state index in [-0.39, 0.29) is 16.9 Å². The smallest absolute Gasteiger partial charge is 0.145 e. The first-order chi connectivity index (χ1) is 9.15. The third-order valence-electron chi connectivity index (χ3n) is 3.34. The zero-order valence-corrected chi connectivity index (χ0v) is 13.3. The first kappa shape index (κ1) is 15.3. The second kappa shape index (κ2) is 7.04. The van der Waals surface area contributed by atoms with E-state index in [4.69, 9.17) is 0 Å². The highest BCUT2D eigenvalue weighted by Gasteiger charge is 2.31. The van der Waals surface area contributed by atoms with Gasteiger partial charge >= 0.3 is 0 Å². The van der Waals surface area contributed by atoms with Gasteiger partial charge in [0.05, 0.1) is 4.47 Å². The van der Waals surface area contributed by atoms with Crippen LogP contribution in [0.25, 0.3) is 0 Å². The van der Waals surface area contributed by atoms with Crippen molar-refractivity contribution in [2.75, 3.05) is 12.3 Å². The molecule has 1 aliphatic rings. The molecule has 1 aromatic carbocycles. The largest absolute Gasteiger partial charge is 0.309 e. The Hall–Kier alpha value is -0.130. The average Bonchev–Trinajstić information content (AvgIpc) is 2.92. The van der Waals surface area contributed by atoms with Gasteiger partial charge in [0.25, 0.3) is 0 Å². The predicted octanol–water partition coefficient (Wildman–Crippen LogP) is 4.66. The Bertz CT molecular complexity index is 436. The van der Waals surface area contributed by atoms with Crippen LogP contribution in [0.1, 0.15) is 37.8 Å². The van der Waals surface area contributed by atoms with Crippen molar-refractivity contribution in [3.05, 3.63) is 33.8 Å². The molecule has 106 valence electrons. The molecular weight excluding hydrogens is 332 g/mol. The lowest BCUT2D eigenvalue weighted by Gasteiger charge is -2.25. The fourth-order valence-electron chi connectivity index (χ4n) is 2.41. The molecule has 2 atom stereocenters. The van der Waals surface area contributed by atoms with E-state index >= 15 is 0 Å². The minimum Gasteiger partial charge on any atom is -0.309 e. The molecule has 2 rings (SSSR count). The maximum atomic E-state index is 14.3. The number of hydrogen-bond donors (Lipinski definition) is 1. The summed E-state index contributed by atoms with van der Waals surface area (Å²) in [7, 11) is 0. The quantitative estimate of drug-likeness (QED) is 0.775. The maximum Gasteiger partial charge on any atom is 0.145 e. The van der Waals surface area contributed by atoms with Crippen LogP contribution in [-0.4, -0.2) is 17.5 Å². The summed E-state index contributed by atoms with van der Waals surface area (Å²) in [5.74, 6) is 0.148. The molecule has 1 aromatic rings. The molecule has 0 aromatic heterocycles. The van der Waals surface area contributed by atoms with Crippen LogP contribution in [-0.2, 0) is 0 Å². The number of rotatable bonds is 5. The highest BCUT2D eigenvalue weighted by atomic mass is 79.9. The van der Waals surface area contributed by atoms with Crippen LogP contribution in [0.3, 0.4) is 0 Å². The van der Waals surface area contributed by atoms with Crippen molar-refractivity contribution in [1.82, 2.24) is 5.32 Å². The van der Waals surface area contributed by atoms with Crippen LogP contribution in [0.5, 0.6) is 0 Å². The molecule has 5 heteroatoms. The van der Waals surface area contributed by atoms with E-state index in [2.05, 4.69) is 28.2 Å². The molecule has 0 amide bonds. The van der Waals surface area contributed by atoms with Gasteiger partial charge in [0.2, 0.25) is 0 Å². The third-order valence-corrected chi connectivity index (χ3v) is 5.41. The Morgan fingerprint density at radius 3 is 2.89 bits per heavy atom. The Morgan fingerprint density at radius 1 is 1.47 bits per heavy atom. The second-order valence-corrected chi connectivity index (χ2v) is 6.94. The van der Waals surface area contributed by atoms with Crippen molar-refractivity contribution in [3.63, 3.8) is 0 Å². The minimum absolute atomic E-state index is 0.183. The van der Waals surface area contributed by atoms with Gasteiger partial charge in [0.1, 0.15) is 11.6 Å². The maximum absolute atomic E-state index is 14.3. The number of halogens is 3. The summed E-state index contributed by atoms with van der Waals surface area (Å²) in [5, 5.41) is 3.57. The summed E-state index contributed by atoms with van der Waals surface area (Å²) in [6.45, 7) is 2.83. The van der Waals surface area contributed by atoms with Gasteiger partial charge in [-0.05, 0) is 59.6 Å². The Morgan fingerprint density at radius 2 is 2.26 bits per heavy atom. The van der Waals surface area contributed by atoms with Crippen LogP contribution >= 0.6 is 27.7 Å². The van der Waals surface area contributed by atoms with Gasteiger partial charge in [0.15, 0.2) is 0 Å². The number of hydrogen-bond acceptors (Lipinski definition) is 2. The molecule has 1 saturated heterocycles. The first-order valence-electron chi connectivity index (χ1n) is 6.63. The molecule has 0 radical (unpaired) electrons. The van der Waals surface area contributed by atoms with Crippen LogP contribution < -0.4 is 5.32 Å². The summed E-state index contributed by atoms with van der Waals surface area (Å²) in [6.07, 6.45) is 3.08. The summed E-state index contributed by atoms with van der Waals surface area (Å²) in [5.41, 5.74) is 0.183. The van der Waals surface area contributed by atoms with Gasteiger partial charge in [-0.3, -0.25) is 0 Å². The normalized spacial score (nSPS) is 20.7. The summed E-state index contributed by atoms with van der Waals surface area (Å²) in [4.78, 5) is 0. The van der Waals surface area contributed by atoms with E-state index in [0.29, 0.717) is 4.47 Å². The summed E-state index contributed by atoms with van der Waals surface area (Å²) >= 11 is 4.96. The standard InChI is InChI=1S/C14H18BrF2NS/c1-2-7-18-14(11-4-3-8-19-11)12-10(16)6-5-9(15)13(12)17/h5-6,11,14,18H,2-4,7-8H2,1H3. The van der Waals surface area contributed by atoms with E-state index in [1.807, 2.05) is 11.8 Å². The molecule has 1 N–H and O–H groups in total. The lowest BCUT2D eigenvalue weighted by molar-refractivity contribution is 0.448. The van der Waals surface area contributed by atoms with E-state index in [9.17, 15) is 8.78 Å². The molecule has 1 fully saturated rings. The predicted molar refractivity (Wildman–Crippen MR) is 80.6 cm³/mol. The van der Waals surface area contributed by atoms with E-state index in [1.165, 1.54) is 12.1 Å². The first-order valence-corrected chi connectivity index (χ1v) is 8.47. The van der Waals surface area contributed by atoms with Crippen LogP contribution in [0.2, 0.25) is 0 Å². The molecule has 19 heavy (non-hydrogen) atoms. The summed E-state index contributed by atoms with van der Waals surface area (Å²) < 4.78 is 28.6. The zero-order valence-electron chi connectivity index (χ0n) is 10.9. The van der Waals surface area contributed by atoms with Gasteiger partial charge in [-0.15, -0.1) is 0 Å². The second-order valence-electron chi connectivity index (χ2n) is 4.74. The molecule has 0 aliphatic carbocycles. The third kappa shape index (κ3) is 3.50. The molecule has 0 saturated carbocycles. The highest BCUT2D eigenvalue weighted by Crippen LogP contribution is 2.38. The summed E-state index contributed by atoms with van der Waals surface area (Å²) in [6, 6.07) is 2.51. The molecule has 0 bridgehead atoms.